The van der Waals surface area contributed by atoms with Crippen LogP contribution in [0.3, 0.4) is 0 Å². The van der Waals surface area contributed by atoms with E-state index in [1.54, 1.807) is 0 Å². The van der Waals surface area contributed by atoms with Gasteiger partial charge in [-0.25, -0.2) is 10.8 Å². The van der Waals surface area contributed by atoms with Crippen LogP contribution in [0.1, 0.15) is 31.7 Å². The van der Waals surface area contributed by atoms with Crippen LogP contribution in [0.25, 0.3) is 11.1 Å². The molecule has 0 amide bonds. The summed E-state index contributed by atoms with van der Waals surface area (Å²) in [7, 11) is 0. The Hall–Kier alpha value is -0.765. The van der Waals surface area contributed by atoms with E-state index >= 15 is 0 Å². The second-order valence-electron chi connectivity index (χ2n) is 6.62. The number of alkyl halides is 1. The summed E-state index contributed by atoms with van der Waals surface area (Å²) < 4.78 is 25.4. The summed E-state index contributed by atoms with van der Waals surface area (Å²) in [5.74, 6) is -0.0936. The van der Waals surface area contributed by atoms with Gasteiger partial charge in [0.25, 0.3) is 0 Å². The predicted molar refractivity (Wildman–Crippen MR) is 114 cm³/mol. The number of benzene rings is 2. The molecule has 0 radical (unpaired) electrons. The standard InChI is InChI=1S/C19H19F.C3H6F.C2H3.CH3.2Li/c1-19(13-14-19)12-6-10-16-9-5-11-17(18(16)20)15-7-3-2-4-8-15;1-3(2)4;1-2;;;/h2-9,11H,1,10,12-14H2;3H,1H2,2H3;1H,2H2;1H3;;/q-2;3*-1;2*+1. The normalized spacial score (nSPS) is 13.4. The van der Waals surface area contributed by atoms with Crippen LogP contribution in [0, 0.1) is 45.5 Å². The molecule has 0 saturated heterocycles. The van der Waals surface area contributed by atoms with Crippen LogP contribution in [0.5, 0.6) is 0 Å². The second-order valence-corrected chi connectivity index (χ2v) is 6.62. The summed E-state index contributed by atoms with van der Waals surface area (Å²) >= 11 is 0. The molecular formula is C25H31F2Li2-3. The zero-order valence-electron chi connectivity index (χ0n) is 18.6. The summed E-state index contributed by atoms with van der Waals surface area (Å²) in [5.41, 5.74) is 2.65. The third kappa shape index (κ3) is 12.5. The molecule has 2 aromatic carbocycles. The summed E-state index contributed by atoms with van der Waals surface area (Å²) in [6.45, 7) is 15.5. The van der Waals surface area contributed by atoms with E-state index in [1.807, 2.05) is 48.5 Å². The van der Waals surface area contributed by atoms with E-state index in [-0.39, 0.29) is 56.4 Å². The van der Waals surface area contributed by atoms with Gasteiger partial charge in [0.05, 0.1) is 0 Å². The molecule has 0 spiro atoms. The Kier molecular flexibility index (Phi) is 19.2. The Morgan fingerprint density at radius 3 is 2.10 bits per heavy atom. The SMILES string of the molecule is [CH-]=C.[CH2-]C(C)F.[CH2-]C1(C[CH-]Cc2cccc(-c3ccccc3)c2F)CC1.[CH3-].[Li+].[Li+]. The Morgan fingerprint density at radius 1 is 1.10 bits per heavy atom. The molecule has 0 nitrogen and oxygen atoms in total. The molecule has 0 bridgehead atoms. The van der Waals surface area contributed by atoms with E-state index in [0.717, 1.165) is 17.5 Å². The van der Waals surface area contributed by atoms with Gasteiger partial charge in [0, 0.05) is 5.56 Å². The van der Waals surface area contributed by atoms with Crippen molar-refractivity contribution in [2.24, 2.45) is 5.41 Å². The molecule has 1 atom stereocenters. The smallest absolute Gasteiger partial charge is 0.521 e. The third-order valence-electron chi connectivity index (χ3n) is 4.06. The van der Waals surface area contributed by atoms with E-state index in [4.69, 9.17) is 0 Å². The van der Waals surface area contributed by atoms with E-state index in [1.165, 1.54) is 19.8 Å². The van der Waals surface area contributed by atoms with Crippen LogP contribution < -0.4 is 37.7 Å². The van der Waals surface area contributed by atoms with Gasteiger partial charge in [-0.2, -0.15) is 11.8 Å². The van der Waals surface area contributed by atoms with Crippen molar-refractivity contribution in [2.45, 2.75) is 38.8 Å². The number of hydrogen-bond acceptors (Lipinski definition) is 0. The van der Waals surface area contributed by atoms with Gasteiger partial charge in [0.2, 0.25) is 0 Å². The van der Waals surface area contributed by atoms with Crippen molar-refractivity contribution in [1.82, 2.24) is 0 Å². The van der Waals surface area contributed by atoms with Crippen molar-refractivity contribution in [3.8, 4) is 11.1 Å². The monoisotopic (exact) mass is 383 g/mol. The quantitative estimate of drug-likeness (QED) is 0.542. The average molecular weight is 383 g/mol. The van der Waals surface area contributed by atoms with Crippen LogP contribution in [0.4, 0.5) is 8.78 Å². The second kappa shape index (κ2) is 17.0. The zero-order chi connectivity index (χ0) is 19.6. The van der Waals surface area contributed by atoms with Gasteiger partial charge in [0.1, 0.15) is 5.82 Å². The van der Waals surface area contributed by atoms with Gasteiger partial charge in [0.15, 0.2) is 0 Å². The Balaban J connectivity index is -0.000000676. The fourth-order valence-corrected chi connectivity index (χ4v) is 2.49. The maximum absolute atomic E-state index is 14.6. The fourth-order valence-electron chi connectivity index (χ4n) is 2.49. The minimum absolute atomic E-state index is 0. The first-order valence-electron chi connectivity index (χ1n) is 8.79. The Bertz CT molecular complexity index is 650. The number of halogens is 2. The molecule has 1 fully saturated rings. The Morgan fingerprint density at radius 2 is 1.62 bits per heavy atom. The van der Waals surface area contributed by atoms with Gasteiger partial charge in [-0.1, -0.05) is 68.3 Å². The van der Waals surface area contributed by atoms with Gasteiger partial charge < -0.3 is 34.3 Å². The molecule has 2 aromatic rings. The molecule has 150 valence electrons. The number of hydrogen-bond donors (Lipinski definition) is 0. The molecule has 1 saturated carbocycles. The summed E-state index contributed by atoms with van der Waals surface area (Å²) in [5, 5.41) is 0. The molecule has 0 N–H and O–H groups in total. The van der Waals surface area contributed by atoms with Crippen LogP contribution in [-0.4, -0.2) is 6.17 Å². The third-order valence-corrected chi connectivity index (χ3v) is 4.06. The average Bonchev–Trinajstić information content (AvgIpc) is 3.36. The van der Waals surface area contributed by atoms with Gasteiger partial charge >= 0.3 is 37.7 Å². The number of rotatable bonds is 5. The van der Waals surface area contributed by atoms with Crippen LogP contribution in [-0.2, 0) is 6.42 Å². The van der Waals surface area contributed by atoms with Crippen LogP contribution >= 0.6 is 0 Å². The first-order valence-corrected chi connectivity index (χ1v) is 8.79. The topological polar surface area (TPSA) is 0 Å². The minimum atomic E-state index is -0.917. The zero-order valence-corrected chi connectivity index (χ0v) is 18.6. The van der Waals surface area contributed by atoms with Crippen molar-refractivity contribution >= 4 is 0 Å². The molecule has 3 rings (SSSR count). The van der Waals surface area contributed by atoms with Gasteiger partial charge in [-0.3, -0.25) is 11.0 Å². The van der Waals surface area contributed by atoms with Gasteiger partial charge in [-0.05, 0) is 17.3 Å². The molecule has 1 unspecified atom stereocenters. The predicted octanol–water partition coefficient (Wildman–Crippen LogP) is 1.49. The van der Waals surface area contributed by atoms with Crippen molar-refractivity contribution in [1.29, 1.82) is 0 Å². The fraction of sp³-hybridized carbons (Fsp3) is 0.280. The molecule has 0 aromatic heterocycles. The molecule has 1 aliphatic rings. The molecule has 4 heteroatoms. The van der Waals surface area contributed by atoms with E-state index in [9.17, 15) is 8.78 Å². The maximum atomic E-state index is 14.6. The Labute approximate surface area is 201 Å². The molecule has 0 aliphatic heterocycles. The maximum Gasteiger partial charge on any atom is 1.00 e. The van der Waals surface area contributed by atoms with Crippen LogP contribution in [0.15, 0.2) is 55.1 Å². The summed E-state index contributed by atoms with van der Waals surface area (Å²) in [6.07, 6.45) is 5.34. The largest absolute Gasteiger partial charge is 1.00 e. The van der Waals surface area contributed by atoms with E-state index in [2.05, 4.69) is 33.4 Å². The molecule has 29 heavy (non-hydrogen) atoms. The van der Waals surface area contributed by atoms with Crippen molar-refractivity contribution < 1.29 is 46.5 Å². The van der Waals surface area contributed by atoms with Crippen molar-refractivity contribution in [3.05, 3.63) is 101 Å². The van der Waals surface area contributed by atoms with E-state index in [0.29, 0.717) is 12.0 Å². The first kappa shape index (κ1) is 32.9. The van der Waals surface area contributed by atoms with E-state index < -0.39 is 6.17 Å². The van der Waals surface area contributed by atoms with Gasteiger partial charge in [-0.15, -0.1) is 0 Å². The first-order chi connectivity index (χ1) is 12.4. The van der Waals surface area contributed by atoms with Crippen molar-refractivity contribution in [2.75, 3.05) is 0 Å². The van der Waals surface area contributed by atoms with Crippen molar-refractivity contribution in [3.63, 3.8) is 0 Å². The summed E-state index contributed by atoms with van der Waals surface area (Å²) in [6, 6.07) is 15.4. The minimum Gasteiger partial charge on any atom is -0.521 e. The molecule has 1 aliphatic carbocycles. The van der Waals surface area contributed by atoms with Crippen LogP contribution in [0.2, 0.25) is 0 Å². The summed E-state index contributed by atoms with van der Waals surface area (Å²) in [4.78, 5) is 0. The molecular weight excluding hydrogens is 352 g/mol. The molecule has 0 heterocycles.